The molecule has 0 aromatic carbocycles. The Morgan fingerprint density at radius 2 is 1.79 bits per heavy atom. The molecule has 0 saturated heterocycles. The van der Waals surface area contributed by atoms with Crippen LogP contribution in [0.1, 0.15) is 52.9 Å². The van der Waals surface area contributed by atoms with Gasteiger partial charge in [0.05, 0.1) is 0 Å². The number of carbonyl (C=O) groups is 1. The zero-order valence-electron chi connectivity index (χ0n) is 9.68. The zero-order valence-corrected chi connectivity index (χ0v) is 9.68. The molecule has 0 unspecified atom stereocenters. The molecule has 2 nitrogen and oxygen atoms in total. The van der Waals surface area contributed by atoms with Crippen LogP contribution < -0.4 is 5.73 Å². The molecule has 1 rings (SSSR count). The summed E-state index contributed by atoms with van der Waals surface area (Å²) in [6.07, 6.45) is 5.11. The second-order valence-corrected chi connectivity index (χ2v) is 5.59. The maximum Gasteiger partial charge on any atom is 0.137 e. The first-order valence-electron chi connectivity index (χ1n) is 5.70. The highest BCUT2D eigenvalue weighted by molar-refractivity contribution is 5.82. The van der Waals surface area contributed by atoms with E-state index in [1.165, 1.54) is 12.8 Å². The lowest BCUT2D eigenvalue weighted by Gasteiger charge is -2.27. The summed E-state index contributed by atoms with van der Waals surface area (Å²) in [4.78, 5) is 11.8. The summed E-state index contributed by atoms with van der Waals surface area (Å²) in [5.41, 5.74) is 5.52. The predicted octanol–water partition coefficient (Wildman–Crippen LogP) is 2.51. The minimum Gasteiger partial charge on any atom is -0.325 e. The SMILES string of the molecule is CC1CCC(C(=O)CC(C)(C)N)CC1. The Kier molecular flexibility index (Phi) is 3.71. The molecular weight excluding hydrogens is 174 g/mol. The predicted molar refractivity (Wildman–Crippen MR) is 59.0 cm³/mol. The van der Waals surface area contributed by atoms with Crippen molar-refractivity contribution in [2.24, 2.45) is 17.6 Å². The van der Waals surface area contributed by atoms with Crippen LogP contribution in [0.15, 0.2) is 0 Å². The molecule has 1 saturated carbocycles. The van der Waals surface area contributed by atoms with Gasteiger partial charge in [-0.3, -0.25) is 4.79 Å². The van der Waals surface area contributed by atoms with Gasteiger partial charge in [0.2, 0.25) is 0 Å². The number of rotatable bonds is 3. The summed E-state index contributed by atoms with van der Waals surface area (Å²) < 4.78 is 0. The van der Waals surface area contributed by atoms with Crippen LogP contribution >= 0.6 is 0 Å². The number of Topliss-reactive ketones (excluding diaryl/α,β-unsaturated/α-hetero) is 1. The van der Waals surface area contributed by atoms with E-state index in [2.05, 4.69) is 6.92 Å². The third-order valence-electron chi connectivity index (χ3n) is 3.10. The van der Waals surface area contributed by atoms with E-state index >= 15 is 0 Å². The lowest BCUT2D eigenvalue weighted by Crippen LogP contribution is -2.37. The van der Waals surface area contributed by atoms with Crippen molar-refractivity contribution in [1.29, 1.82) is 0 Å². The van der Waals surface area contributed by atoms with Gasteiger partial charge in [-0.1, -0.05) is 19.8 Å². The number of hydrogen-bond donors (Lipinski definition) is 1. The molecule has 1 aliphatic rings. The zero-order chi connectivity index (χ0) is 10.8. The maximum atomic E-state index is 11.8. The van der Waals surface area contributed by atoms with Crippen molar-refractivity contribution in [3.63, 3.8) is 0 Å². The molecule has 0 radical (unpaired) electrons. The Hall–Kier alpha value is -0.370. The first-order chi connectivity index (χ1) is 6.38. The molecule has 82 valence electrons. The van der Waals surface area contributed by atoms with Gasteiger partial charge in [-0.2, -0.15) is 0 Å². The Bertz CT molecular complexity index is 197. The van der Waals surface area contributed by atoms with Crippen LogP contribution in [0.4, 0.5) is 0 Å². The molecule has 1 fully saturated rings. The molecule has 0 amide bonds. The number of hydrogen-bond acceptors (Lipinski definition) is 2. The van der Waals surface area contributed by atoms with E-state index in [1.807, 2.05) is 13.8 Å². The topological polar surface area (TPSA) is 43.1 Å². The molecule has 2 N–H and O–H groups in total. The minimum atomic E-state index is -0.333. The van der Waals surface area contributed by atoms with Gasteiger partial charge in [-0.05, 0) is 32.6 Å². The highest BCUT2D eigenvalue weighted by Crippen LogP contribution is 2.30. The molecule has 0 spiro atoms. The summed E-state index contributed by atoms with van der Waals surface area (Å²) in [6, 6.07) is 0. The fourth-order valence-electron chi connectivity index (χ4n) is 2.18. The highest BCUT2D eigenvalue weighted by Gasteiger charge is 2.27. The monoisotopic (exact) mass is 197 g/mol. The number of carbonyl (C=O) groups excluding carboxylic acids is 1. The van der Waals surface area contributed by atoms with Gasteiger partial charge in [0.1, 0.15) is 5.78 Å². The van der Waals surface area contributed by atoms with Crippen LogP contribution in [0.5, 0.6) is 0 Å². The molecular formula is C12H23NO. The van der Waals surface area contributed by atoms with E-state index in [0.717, 1.165) is 18.8 Å². The minimum absolute atomic E-state index is 0.300. The van der Waals surface area contributed by atoms with E-state index in [0.29, 0.717) is 18.1 Å². The number of nitrogens with two attached hydrogens (primary N) is 1. The van der Waals surface area contributed by atoms with E-state index in [9.17, 15) is 4.79 Å². The molecule has 0 aromatic rings. The Morgan fingerprint density at radius 1 is 1.29 bits per heavy atom. The van der Waals surface area contributed by atoms with Gasteiger partial charge in [-0.15, -0.1) is 0 Å². The lowest BCUT2D eigenvalue weighted by molar-refractivity contribution is -0.124. The first-order valence-corrected chi connectivity index (χ1v) is 5.70. The third-order valence-corrected chi connectivity index (χ3v) is 3.10. The van der Waals surface area contributed by atoms with Gasteiger partial charge >= 0.3 is 0 Å². The quantitative estimate of drug-likeness (QED) is 0.755. The molecule has 0 heterocycles. The lowest BCUT2D eigenvalue weighted by atomic mass is 9.78. The molecule has 0 atom stereocenters. The first kappa shape index (κ1) is 11.7. The Balaban J connectivity index is 2.38. The van der Waals surface area contributed by atoms with Crippen molar-refractivity contribution >= 4 is 5.78 Å². The Labute approximate surface area is 87.2 Å². The fraction of sp³-hybridized carbons (Fsp3) is 0.917. The van der Waals surface area contributed by atoms with Crippen LogP contribution in [0.2, 0.25) is 0 Å². The molecule has 0 aromatic heterocycles. The average Bonchev–Trinajstić information content (AvgIpc) is 2.02. The van der Waals surface area contributed by atoms with Crippen LogP contribution in [0.25, 0.3) is 0 Å². The van der Waals surface area contributed by atoms with E-state index in [4.69, 9.17) is 5.73 Å². The number of ketones is 1. The fourth-order valence-corrected chi connectivity index (χ4v) is 2.18. The highest BCUT2D eigenvalue weighted by atomic mass is 16.1. The standard InChI is InChI=1S/C12H23NO/c1-9-4-6-10(7-5-9)11(14)8-12(2,3)13/h9-10H,4-8,13H2,1-3H3. The van der Waals surface area contributed by atoms with Gasteiger partial charge in [-0.25, -0.2) is 0 Å². The average molecular weight is 197 g/mol. The van der Waals surface area contributed by atoms with Crippen LogP contribution in [-0.2, 0) is 4.79 Å². The van der Waals surface area contributed by atoms with Crippen LogP contribution in [0, 0.1) is 11.8 Å². The van der Waals surface area contributed by atoms with Crippen molar-refractivity contribution < 1.29 is 4.79 Å². The van der Waals surface area contributed by atoms with E-state index < -0.39 is 0 Å². The summed E-state index contributed by atoms with van der Waals surface area (Å²) >= 11 is 0. The maximum absolute atomic E-state index is 11.8. The summed E-state index contributed by atoms with van der Waals surface area (Å²) in [6.45, 7) is 6.13. The van der Waals surface area contributed by atoms with Gasteiger partial charge in [0.15, 0.2) is 0 Å². The van der Waals surface area contributed by atoms with Crippen LogP contribution in [-0.4, -0.2) is 11.3 Å². The smallest absolute Gasteiger partial charge is 0.137 e. The second kappa shape index (κ2) is 4.43. The van der Waals surface area contributed by atoms with E-state index in [1.54, 1.807) is 0 Å². The van der Waals surface area contributed by atoms with Crippen molar-refractivity contribution in [3.05, 3.63) is 0 Å². The summed E-state index contributed by atoms with van der Waals surface area (Å²) in [7, 11) is 0. The third kappa shape index (κ3) is 3.79. The van der Waals surface area contributed by atoms with Gasteiger partial charge < -0.3 is 5.73 Å². The molecule has 0 aliphatic heterocycles. The Morgan fingerprint density at radius 3 is 2.21 bits per heavy atom. The van der Waals surface area contributed by atoms with Gasteiger partial charge in [0.25, 0.3) is 0 Å². The summed E-state index contributed by atoms with van der Waals surface area (Å²) in [5, 5.41) is 0. The van der Waals surface area contributed by atoms with Crippen molar-refractivity contribution in [1.82, 2.24) is 0 Å². The van der Waals surface area contributed by atoms with Crippen LogP contribution in [0.3, 0.4) is 0 Å². The molecule has 0 bridgehead atoms. The van der Waals surface area contributed by atoms with Crippen molar-refractivity contribution in [2.45, 2.75) is 58.4 Å². The summed E-state index contributed by atoms with van der Waals surface area (Å²) in [5.74, 6) is 1.49. The molecule has 14 heavy (non-hydrogen) atoms. The largest absolute Gasteiger partial charge is 0.325 e. The normalized spacial score (nSPS) is 28.9. The second-order valence-electron chi connectivity index (χ2n) is 5.59. The van der Waals surface area contributed by atoms with Gasteiger partial charge in [0, 0.05) is 17.9 Å². The van der Waals surface area contributed by atoms with E-state index in [-0.39, 0.29) is 5.54 Å². The van der Waals surface area contributed by atoms with Crippen molar-refractivity contribution in [2.75, 3.05) is 0 Å². The molecule has 1 aliphatic carbocycles. The molecule has 2 heteroatoms. The van der Waals surface area contributed by atoms with Crippen molar-refractivity contribution in [3.8, 4) is 0 Å².